The SMILES string of the molecule is CCc1cocc1-c1ccc(N)c(N)c1. The zero-order chi connectivity index (χ0) is 10.8. The van der Waals surface area contributed by atoms with Gasteiger partial charge in [0.15, 0.2) is 0 Å². The molecule has 0 saturated heterocycles. The molecule has 0 radical (unpaired) electrons. The van der Waals surface area contributed by atoms with Gasteiger partial charge in [0.2, 0.25) is 0 Å². The van der Waals surface area contributed by atoms with Gasteiger partial charge in [0.05, 0.1) is 23.9 Å². The molecule has 78 valence electrons. The van der Waals surface area contributed by atoms with E-state index in [1.54, 1.807) is 12.5 Å². The number of hydrogen-bond acceptors (Lipinski definition) is 3. The molecule has 0 saturated carbocycles. The van der Waals surface area contributed by atoms with E-state index in [1.165, 1.54) is 5.56 Å². The van der Waals surface area contributed by atoms with Crippen LogP contribution in [0.1, 0.15) is 12.5 Å². The zero-order valence-electron chi connectivity index (χ0n) is 8.66. The predicted molar refractivity (Wildman–Crippen MR) is 62.3 cm³/mol. The number of anilines is 2. The van der Waals surface area contributed by atoms with Crippen molar-refractivity contribution < 1.29 is 4.42 Å². The van der Waals surface area contributed by atoms with Crippen molar-refractivity contribution >= 4 is 11.4 Å². The van der Waals surface area contributed by atoms with Crippen LogP contribution in [0.3, 0.4) is 0 Å². The molecule has 4 N–H and O–H groups in total. The molecule has 0 bridgehead atoms. The summed E-state index contributed by atoms with van der Waals surface area (Å²) in [5.41, 5.74) is 16.0. The third-order valence-corrected chi connectivity index (χ3v) is 2.52. The first-order valence-corrected chi connectivity index (χ1v) is 4.92. The molecule has 1 aromatic carbocycles. The van der Waals surface area contributed by atoms with E-state index in [2.05, 4.69) is 6.92 Å². The second-order valence-corrected chi connectivity index (χ2v) is 3.51. The number of nitrogen functional groups attached to an aromatic ring is 2. The van der Waals surface area contributed by atoms with E-state index >= 15 is 0 Å². The lowest BCUT2D eigenvalue weighted by molar-refractivity contribution is 0.565. The van der Waals surface area contributed by atoms with Crippen molar-refractivity contribution in [3.05, 3.63) is 36.3 Å². The first kappa shape index (κ1) is 9.65. The fraction of sp³-hybridized carbons (Fsp3) is 0.167. The predicted octanol–water partition coefficient (Wildman–Crippen LogP) is 2.67. The van der Waals surface area contributed by atoms with Crippen LogP contribution in [0.2, 0.25) is 0 Å². The Kier molecular flexibility index (Phi) is 2.37. The van der Waals surface area contributed by atoms with Gasteiger partial charge < -0.3 is 15.9 Å². The maximum absolute atomic E-state index is 5.76. The molecule has 15 heavy (non-hydrogen) atoms. The molecular formula is C12H14N2O. The fourth-order valence-corrected chi connectivity index (χ4v) is 1.59. The van der Waals surface area contributed by atoms with Gasteiger partial charge in [-0.1, -0.05) is 13.0 Å². The van der Waals surface area contributed by atoms with Crippen LogP contribution in [0.15, 0.2) is 35.1 Å². The first-order valence-electron chi connectivity index (χ1n) is 4.92. The Morgan fingerprint density at radius 2 is 1.93 bits per heavy atom. The summed E-state index contributed by atoms with van der Waals surface area (Å²) in [4.78, 5) is 0. The van der Waals surface area contributed by atoms with Gasteiger partial charge in [0.1, 0.15) is 0 Å². The van der Waals surface area contributed by atoms with Crippen LogP contribution in [0, 0.1) is 0 Å². The van der Waals surface area contributed by atoms with Crippen molar-refractivity contribution in [1.82, 2.24) is 0 Å². The molecule has 0 aliphatic carbocycles. The lowest BCUT2D eigenvalue weighted by Gasteiger charge is -2.04. The van der Waals surface area contributed by atoms with E-state index in [1.807, 2.05) is 18.2 Å². The van der Waals surface area contributed by atoms with Crippen molar-refractivity contribution in [2.45, 2.75) is 13.3 Å². The molecule has 0 aliphatic heterocycles. The van der Waals surface area contributed by atoms with Crippen molar-refractivity contribution in [3.63, 3.8) is 0 Å². The van der Waals surface area contributed by atoms with Crippen LogP contribution in [-0.2, 0) is 6.42 Å². The minimum absolute atomic E-state index is 0.607. The third-order valence-electron chi connectivity index (χ3n) is 2.52. The Labute approximate surface area is 88.7 Å². The lowest BCUT2D eigenvalue weighted by Crippen LogP contribution is -1.94. The smallest absolute Gasteiger partial charge is 0.0983 e. The molecule has 0 amide bonds. The van der Waals surface area contributed by atoms with E-state index in [0.717, 1.165) is 17.5 Å². The summed E-state index contributed by atoms with van der Waals surface area (Å²) in [7, 11) is 0. The van der Waals surface area contributed by atoms with Crippen LogP contribution in [0.25, 0.3) is 11.1 Å². The van der Waals surface area contributed by atoms with Crippen LogP contribution >= 0.6 is 0 Å². The molecule has 0 spiro atoms. The normalized spacial score (nSPS) is 10.5. The highest BCUT2D eigenvalue weighted by Gasteiger charge is 2.07. The van der Waals surface area contributed by atoms with Crippen LogP contribution < -0.4 is 11.5 Å². The molecule has 1 aromatic heterocycles. The molecule has 1 heterocycles. The van der Waals surface area contributed by atoms with E-state index in [9.17, 15) is 0 Å². The van der Waals surface area contributed by atoms with E-state index in [-0.39, 0.29) is 0 Å². The lowest BCUT2D eigenvalue weighted by atomic mass is 10.0. The number of hydrogen-bond donors (Lipinski definition) is 2. The van der Waals surface area contributed by atoms with Gasteiger partial charge in [-0.3, -0.25) is 0 Å². The summed E-state index contributed by atoms with van der Waals surface area (Å²) >= 11 is 0. The fourth-order valence-electron chi connectivity index (χ4n) is 1.59. The number of furan rings is 1. The molecule has 3 heteroatoms. The summed E-state index contributed by atoms with van der Waals surface area (Å²) in [6.45, 7) is 2.09. The maximum Gasteiger partial charge on any atom is 0.0983 e. The molecular weight excluding hydrogens is 188 g/mol. The number of nitrogens with two attached hydrogens (primary N) is 2. The topological polar surface area (TPSA) is 65.2 Å². The molecule has 0 atom stereocenters. The molecule has 2 aromatic rings. The van der Waals surface area contributed by atoms with E-state index in [0.29, 0.717) is 11.4 Å². The Morgan fingerprint density at radius 3 is 2.60 bits per heavy atom. The average Bonchev–Trinajstić information content (AvgIpc) is 2.70. The van der Waals surface area contributed by atoms with E-state index in [4.69, 9.17) is 15.9 Å². The number of benzene rings is 1. The number of rotatable bonds is 2. The van der Waals surface area contributed by atoms with Gasteiger partial charge in [-0.2, -0.15) is 0 Å². The highest BCUT2D eigenvalue weighted by Crippen LogP contribution is 2.28. The monoisotopic (exact) mass is 202 g/mol. The standard InChI is InChI=1S/C12H14N2O/c1-2-8-6-15-7-10(8)9-3-4-11(13)12(14)5-9/h3-7H,2,13-14H2,1H3. The maximum atomic E-state index is 5.76. The van der Waals surface area contributed by atoms with Gasteiger partial charge in [-0.15, -0.1) is 0 Å². The second kappa shape index (κ2) is 3.69. The zero-order valence-corrected chi connectivity index (χ0v) is 8.66. The highest BCUT2D eigenvalue weighted by molar-refractivity contribution is 5.75. The van der Waals surface area contributed by atoms with Crippen LogP contribution in [-0.4, -0.2) is 0 Å². The van der Waals surface area contributed by atoms with Gasteiger partial charge >= 0.3 is 0 Å². The van der Waals surface area contributed by atoms with E-state index < -0.39 is 0 Å². The minimum atomic E-state index is 0.607. The van der Waals surface area contributed by atoms with Gasteiger partial charge in [0.25, 0.3) is 0 Å². The Morgan fingerprint density at radius 1 is 1.13 bits per heavy atom. The summed E-state index contributed by atoms with van der Waals surface area (Å²) in [6, 6.07) is 5.64. The van der Waals surface area contributed by atoms with Crippen molar-refractivity contribution in [2.24, 2.45) is 0 Å². The summed E-state index contributed by atoms with van der Waals surface area (Å²) < 4.78 is 5.19. The van der Waals surface area contributed by atoms with Crippen LogP contribution in [0.4, 0.5) is 11.4 Å². The first-order chi connectivity index (χ1) is 7.22. The van der Waals surface area contributed by atoms with Gasteiger partial charge in [0, 0.05) is 5.56 Å². The highest BCUT2D eigenvalue weighted by atomic mass is 16.3. The van der Waals surface area contributed by atoms with Gasteiger partial charge in [-0.05, 0) is 29.7 Å². The Bertz CT molecular complexity index is 474. The Balaban J connectivity index is 2.50. The Hall–Kier alpha value is -1.90. The van der Waals surface area contributed by atoms with Crippen molar-refractivity contribution in [2.75, 3.05) is 11.5 Å². The summed E-state index contributed by atoms with van der Waals surface area (Å²) in [6.07, 6.45) is 4.45. The third kappa shape index (κ3) is 1.68. The van der Waals surface area contributed by atoms with Gasteiger partial charge in [-0.25, -0.2) is 0 Å². The minimum Gasteiger partial charge on any atom is -0.472 e. The quantitative estimate of drug-likeness (QED) is 0.736. The molecule has 0 aliphatic rings. The molecule has 3 nitrogen and oxygen atoms in total. The average molecular weight is 202 g/mol. The number of aryl methyl sites for hydroxylation is 1. The van der Waals surface area contributed by atoms with Crippen LogP contribution in [0.5, 0.6) is 0 Å². The van der Waals surface area contributed by atoms with Crippen molar-refractivity contribution in [1.29, 1.82) is 0 Å². The molecule has 0 unspecified atom stereocenters. The molecule has 0 fully saturated rings. The molecule has 2 rings (SSSR count). The largest absolute Gasteiger partial charge is 0.472 e. The summed E-state index contributed by atoms with van der Waals surface area (Å²) in [5, 5.41) is 0. The summed E-state index contributed by atoms with van der Waals surface area (Å²) in [5.74, 6) is 0. The second-order valence-electron chi connectivity index (χ2n) is 3.51. The van der Waals surface area contributed by atoms with Crippen molar-refractivity contribution in [3.8, 4) is 11.1 Å².